The molecule has 5 rings (SSSR count). The molecule has 0 amide bonds. The molecule has 1 aliphatic heterocycles. The summed E-state index contributed by atoms with van der Waals surface area (Å²) in [5.41, 5.74) is 3.60. The molecule has 22 heavy (non-hydrogen) atoms. The SMILES string of the molecule is COc1ccc2c(c1)CC[C@H]1[C@@H]2[C@H](C)C[C@@]23O[C@]2(C)CC[C@@H]13. The standard InChI is InChI=1S/C20H26O2/c1-12-11-20-17(8-9-19(20,2)22-20)16-6-4-13-10-14(21-3)5-7-15(13)18(12)16/h5,7,10,12,16-18H,4,6,8-9,11H2,1-3H3/t12-,16-,17+,18-,19-,20+/m1/s1. The van der Waals surface area contributed by atoms with Gasteiger partial charge in [-0.05, 0) is 86.0 Å². The van der Waals surface area contributed by atoms with Gasteiger partial charge in [-0.1, -0.05) is 13.0 Å². The third-order valence-electron chi connectivity index (χ3n) is 7.46. The highest BCUT2D eigenvalue weighted by Crippen LogP contribution is 2.72. The minimum Gasteiger partial charge on any atom is -0.497 e. The maximum Gasteiger partial charge on any atom is 0.119 e. The van der Waals surface area contributed by atoms with Crippen molar-refractivity contribution in [2.24, 2.45) is 17.8 Å². The molecule has 3 aliphatic carbocycles. The van der Waals surface area contributed by atoms with E-state index in [2.05, 4.69) is 32.0 Å². The molecule has 6 atom stereocenters. The molecule has 0 radical (unpaired) electrons. The fourth-order valence-electron chi connectivity index (χ4n) is 6.51. The summed E-state index contributed by atoms with van der Waals surface area (Å²) in [7, 11) is 1.77. The summed E-state index contributed by atoms with van der Waals surface area (Å²) >= 11 is 0. The molecule has 1 spiro atoms. The quantitative estimate of drug-likeness (QED) is 0.720. The van der Waals surface area contributed by atoms with Crippen molar-refractivity contribution >= 4 is 0 Å². The fourth-order valence-corrected chi connectivity index (χ4v) is 6.51. The van der Waals surface area contributed by atoms with Gasteiger partial charge in [0.05, 0.1) is 12.7 Å². The molecule has 0 unspecified atom stereocenters. The molecule has 3 fully saturated rings. The lowest BCUT2D eigenvalue weighted by Gasteiger charge is -2.48. The summed E-state index contributed by atoms with van der Waals surface area (Å²) in [5.74, 6) is 4.10. The summed E-state index contributed by atoms with van der Waals surface area (Å²) in [6.07, 6.45) is 6.48. The van der Waals surface area contributed by atoms with E-state index in [1.807, 2.05) is 0 Å². The van der Waals surface area contributed by atoms with Gasteiger partial charge in [0.15, 0.2) is 0 Å². The first kappa shape index (κ1) is 13.4. The van der Waals surface area contributed by atoms with Crippen molar-refractivity contribution in [3.63, 3.8) is 0 Å². The van der Waals surface area contributed by atoms with E-state index >= 15 is 0 Å². The van der Waals surface area contributed by atoms with Crippen LogP contribution in [-0.2, 0) is 11.2 Å². The maximum atomic E-state index is 6.36. The Bertz CT molecular complexity index is 639. The van der Waals surface area contributed by atoms with Crippen molar-refractivity contribution in [3.05, 3.63) is 29.3 Å². The number of benzene rings is 1. The summed E-state index contributed by atoms with van der Waals surface area (Å²) in [6.45, 7) is 4.82. The average molecular weight is 298 g/mol. The molecule has 1 aromatic carbocycles. The second-order valence-corrected chi connectivity index (χ2v) is 8.34. The Morgan fingerprint density at radius 2 is 2.14 bits per heavy atom. The van der Waals surface area contributed by atoms with Crippen LogP contribution in [0.25, 0.3) is 0 Å². The number of epoxide rings is 1. The van der Waals surface area contributed by atoms with Gasteiger partial charge in [0, 0.05) is 0 Å². The molecule has 2 heteroatoms. The lowest BCUT2D eigenvalue weighted by atomic mass is 9.56. The first-order valence-corrected chi connectivity index (χ1v) is 8.95. The predicted molar refractivity (Wildman–Crippen MR) is 86.3 cm³/mol. The highest BCUT2D eigenvalue weighted by atomic mass is 16.6. The zero-order valence-electron chi connectivity index (χ0n) is 13.9. The van der Waals surface area contributed by atoms with Crippen molar-refractivity contribution in [2.45, 2.75) is 63.1 Å². The van der Waals surface area contributed by atoms with Crippen LogP contribution in [-0.4, -0.2) is 18.3 Å². The van der Waals surface area contributed by atoms with Gasteiger partial charge in [0.2, 0.25) is 0 Å². The molecule has 0 bridgehead atoms. The summed E-state index contributed by atoms with van der Waals surface area (Å²) in [4.78, 5) is 0. The number of rotatable bonds is 1. The van der Waals surface area contributed by atoms with E-state index in [0.29, 0.717) is 0 Å². The number of aryl methyl sites for hydroxylation is 1. The molecule has 1 aromatic rings. The molecule has 0 N–H and O–H groups in total. The van der Waals surface area contributed by atoms with Crippen LogP contribution in [0.15, 0.2) is 18.2 Å². The fraction of sp³-hybridized carbons (Fsp3) is 0.700. The molecule has 0 aromatic heterocycles. The van der Waals surface area contributed by atoms with Crippen molar-refractivity contribution in [2.75, 3.05) is 7.11 Å². The second-order valence-electron chi connectivity index (χ2n) is 8.34. The van der Waals surface area contributed by atoms with Crippen molar-refractivity contribution in [1.82, 2.24) is 0 Å². The van der Waals surface area contributed by atoms with Gasteiger partial charge in [0.1, 0.15) is 11.4 Å². The Hall–Kier alpha value is -1.02. The molecule has 1 heterocycles. The number of hydrogen-bond donors (Lipinski definition) is 0. The van der Waals surface area contributed by atoms with Crippen molar-refractivity contribution < 1.29 is 9.47 Å². The van der Waals surface area contributed by atoms with Crippen LogP contribution in [0.4, 0.5) is 0 Å². The van der Waals surface area contributed by atoms with Crippen LogP contribution in [0, 0.1) is 17.8 Å². The van der Waals surface area contributed by atoms with E-state index in [-0.39, 0.29) is 11.2 Å². The normalized spacial score (nSPS) is 48.0. The van der Waals surface area contributed by atoms with Gasteiger partial charge in [-0.25, -0.2) is 0 Å². The molecule has 2 saturated carbocycles. The van der Waals surface area contributed by atoms with Crippen LogP contribution in [0.3, 0.4) is 0 Å². The van der Waals surface area contributed by atoms with E-state index in [9.17, 15) is 0 Å². The number of ether oxygens (including phenoxy) is 2. The van der Waals surface area contributed by atoms with Gasteiger partial charge < -0.3 is 9.47 Å². The van der Waals surface area contributed by atoms with Crippen LogP contribution in [0.5, 0.6) is 5.75 Å². The largest absolute Gasteiger partial charge is 0.497 e. The molecule has 2 nitrogen and oxygen atoms in total. The number of hydrogen-bond acceptors (Lipinski definition) is 2. The van der Waals surface area contributed by atoms with Gasteiger partial charge in [-0.15, -0.1) is 0 Å². The topological polar surface area (TPSA) is 21.8 Å². The lowest BCUT2D eigenvalue weighted by molar-refractivity contribution is 0.0345. The van der Waals surface area contributed by atoms with Crippen LogP contribution in [0.2, 0.25) is 0 Å². The van der Waals surface area contributed by atoms with Crippen LogP contribution in [0.1, 0.15) is 56.6 Å². The minimum atomic E-state index is 0.219. The third kappa shape index (κ3) is 1.45. The average Bonchev–Trinajstić information content (AvgIpc) is 2.98. The monoisotopic (exact) mass is 298 g/mol. The Morgan fingerprint density at radius 1 is 1.27 bits per heavy atom. The lowest BCUT2D eigenvalue weighted by Crippen LogP contribution is -2.45. The zero-order chi connectivity index (χ0) is 15.1. The highest BCUT2D eigenvalue weighted by Gasteiger charge is 2.77. The Balaban J connectivity index is 1.56. The Kier molecular flexibility index (Phi) is 2.49. The van der Waals surface area contributed by atoms with E-state index in [1.54, 1.807) is 12.7 Å². The molecular weight excluding hydrogens is 272 g/mol. The Labute approximate surface area is 133 Å². The van der Waals surface area contributed by atoms with Gasteiger partial charge >= 0.3 is 0 Å². The first-order valence-electron chi connectivity index (χ1n) is 8.95. The minimum absolute atomic E-state index is 0.219. The van der Waals surface area contributed by atoms with Gasteiger partial charge in [-0.2, -0.15) is 0 Å². The summed E-state index contributed by atoms with van der Waals surface area (Å²) in [6, 6.07) is 6.78. The van der Waals surface area contributed by atoms with Crippen LogP contribution < -0.4 is 4.74 Å². The van der Waals surface area contributed by atoms with Crippen LogP contribution >= 0.6 is 0 Å². The molecule has 4 aliphatic rings. The zero-order valence-corrected chi connectivity index (χ0v) is 13.9. The van der Waals surface area contributed by atoms with Gasteiger partial charge in [0.25, 0.3) is 0 Å². The number of fused-ring (bicyclic) bond motifs is 4. The molecule has 118 valence electrons. The van der Waals surface area contributed by atoms with E-state index in [4.69, 9.17) is 9.47 Å². The third-order valence-corrected chi connectivity index (χ3v) is 7.46. The molecule has 1 saturated heterocycles. The van der Waals surface area contributed by atoms with E-state index < -0.39 is 0 Å². The number of methoxy groups -OCH3 is 1. The highest BCUT2D eigenvalue weighted by molar-refractivity contribution is 5.42. The molecular formula is C20H26O2. The van der Waals surface area contributed by atoms with E-state index in [0.717, 1.165) is 29.4 Å². The summed E-state index contributed by atoms with van der Waals surface area (Å²) in [5, 5.41) is 0. The second kappa shape index (κ2) is 4.08. The van der Waals surface area contributed by atoms with Gasteiger partial charge in [-0.3, -0.25) is 0 Å². The van der Waals surface area contributed by atoms with Crippen molar-refractivity contribution in [3.8, 4) is 5.75 Å². The van der Waals surface area contributed by atoms with E-state index in [1.165, 1.54) is 37.7 Å². The predicted octanol–water partition coefficient (Wildman–Crippen LogP) is 4.32. The first-order chi connectivity index (χ1) is 10.6. The maximum absolute atomic E-state index is 6.36. The smallest absolute Gasteiger partial charge is 0.119 e. The van der Waals surface area contributed by atoms with Crippen molar-refractivity contribution in [1.29, 1.82) is 0 Å². The summed E-state index contributed by atoms with van der Waals surface area (Å²) < 4.78 is 11.8. The Morgan fingerprint density at radius 3 is 2.91 bits per heavy atom.